The molecule has 0 radical (unpaired) electrons. The van der Waals surface area contributed by atoms with Crippen LogP contribution < -0.4 is 10.1 Å². The summed E-state index contributed by atoms with van der Waals surface area (Å²) in [7, 11) is 0. The highest BCUT2D eigenvalue weighted by molar-refractivity contribution is 5.88. The van der Waals surface area contributed by atoms with Gasteiger partial charge in [-0.2, -0.15) is 0 Å². The molecular weight excluding hydrogens is 412 g/mol. The van der Waals surface area contributed by atoms with E-state index in [0.717, 1.165) is 22.3 Å². The quantitative estimate of drug-likeness (QED) is 0.502. The van der Waals surface area contributed by atoms with Crippen LogP contribution >= 0.6 is 0 Å². The summed E-state index contributed by atoms with van der Waals surface area (Å²) in [6, 6.07) is 24.7. The smallest absolute Gasteiger partial charge is 0.261 e. The van der Waals surface area contributed by atoms with Crippen LogP contribution in [0.1, 0.15) is 29.2 Å². The molecule has 0 aliphatic carbocycles. The summed E-state index contributed by atoms with van der Waals surface area (Å²) < 4.78 is 5.78. The summed E-state index contributed by atoms with van der Waals surface area (Å²) in [5.41, 5.74) is 4.22. The van der Waals surface area contributed by atoms with Crippen molar-refractivity contribution in [2.45, 2.75) is 39.8 Å². The SMILES string of the molecule is CCNC(=O)C(Cc1ccccc1)N(Cc1ccc(C)cc1)C(=O)COc1ccc(C)cc1. The van der Waals surface area contributed by atoms with E-state index in [0.29, 0.717) is 25.3 Å². The van der Waals surface area contributed by atoms with Gasteiger partial charge in [-0.15, -0.1) is 0 Å². The molecule has 5 nitrogen and oxygen atoms in total. The van der Waals surface area contributed by atoms with Crippen molar-refractivity contribution in [2.75, 3.05) is 13.2 Å². The first-order valence-corrected chi connectivity index (χ1v) is 11.3. The Bertz CT molecular complexity index is 1030. The zero-order valence-electron chi connectivity index (χ0n) is 19.6. The van der Waals surface area contributed by atoms with Crippen LogP contribution in [0.25, 0.3) is 0 Å². The van der Waals surface area contributed by atoms with Crippen molar-refractivity contribution in [1.82, 2.24) is 10.2 Å². The Morgan fingerprint density at radius 3 is 2.06 bits per heavy atom. The van der Waals surface area contributed by atoms with Crippen LogP contribution in [0.4, 0.5) is 0 Å². The third kappa shape index (κ3) is 7.21. The molecule has 3 aromatic carbocycles. The Hall–Kier alpha value is -3.60. The van der Waals surface area contributed by atoms with Crippen LogP contribution in [0.5, 0.6) is 5.75 Å². The minimum Gasteiger partial charge on any atom is -0.484 e. The summed E-state index contributed by atoms with van der Waals surface area (Å²) in [5.74, 6) is 0.224. The standard InChI is InChI=1S/C28H32N2O3/c1-4-29-28(32)26(18-23-8-6-5-7-9-23)30(19-24-14-10-21(2)11-15-24)27(31)20-33-25-16-12-22(3)13-17-25/h5-17,26H,4,18-20H2,1-3H3,(H,29,32). The maximum Gasteiger partial charge on any atom is 0.261 e. The number of nitrogens with one attached hydrogen (secondary N) is 1. The highest BCUT2D eigenvalue weighted by atomic mass is 16.5. The number of benzene rings is 3. The van der Waals surface area contributed by atoms with Crippen molar-refractivity contribution in [3.63, 3.8) is 0 Å². The molecule has 172 valence electrons. The summed E-state index contributed by atoms with van der Waals surface area (Å²) in [6.45, 7) is 6.58. The number of likely N-dealkylation sites (N-methyl/N-ethyl adjacent to an activating group) is 1. The van der Waals surface area contributed by atoms with Gasteiger partial charge in [0.2, 0.25) is 5.91 Å². The van der Waals surface area contributed by atoms with Gasteiger partial charge in [-0.25, -0.2) is 0 Å². The van der Waals surface area contributed by atoms with E-state index in [9.17, 15) is 9.59 Å². The van der Waals surface area contributed by atoms with E-state index in [1.54, 1.807) is 4.90 Å². The fraction of sp³-hybridized carbons (Fsp3) is 0.286. The van der Waals surface area contributed by atoms with Gasteiger partial charge in [0.05, 0.1) is 0 Å². The minimum absolute atomic E-state index is 0.139. The molecule has 33 heavy (non-hydrogen) atoms. The average Bonchev–Trinajstić information content (AvgIpc) is 2.82. The normalized spacial score (nSPS) is 11.5. The van der Waals surface area contributed by atoms with E-state index in [2.05, 4.69) is 5.32 Å². The number of nitrogens with zero attached hydrogens (tertiary/aromatic N) is 1. The number of amides is 2. The Morgan fingerprint density at radius 2 is 1.45 bits per heavy atom. The second kappa shape index (κ2) is 11.9. The topological polar surface area (TPSA) is 58.6 Å². The largest absolute Gasteiger partial charge is 0.484 e. The van der Waals surface area contributed by atoms with E-state index >= 15 is 0 Å². The van der Waals surface area contributed by atoms with Gasteiger partial charge in [0, 0.05) is 19.5 Å². The molecule has 2 amide bonds. The van der Waals surface area contributed by atoms with Crippen LogP contribution in [0, 0.1) is 13.8 Å². The first kappa shape index (κ1) is 24.1. The molecule has 3 aromatic rings. The molecule has 1 N–H and O–H groups in total. The second-order valence-corrected chi connectivity index (χ2v) is 8.21. The average molecular weight is 445 g/mol. The van der Waals surface area contributed by atoms with Crippen LogP contribution in [0.2, 0.25) is 0 Å². The fourth-order valence-corrected chi connectivity index (χ4v) is 3.60. The lowest BCUT2D eigenvalue weighted by molar-refractivity contribution is -0.142. The van der Waals surface area contributed by atoms with Crippen LogP contribution in [-0.4, -0.2) is 35.9 Å². The van der Waals surface area contributed by atoms with Gasteiger partial charge in [0.25, 0.3) is 5.91 Å². The lowest BCUT2D eigenvalue weighted by Gasteiger charge is -2.31. The van der Waals surface area contributed by atoms with E-state index < -0.39 is 6.04 Å². The summed E-state index contributed by atoms with van der Waals surface area (Å²) in [6.07, 6.45) is 0.425. The predicted octanol–water partition coefficient (Wildman–Crippen LogP) is 4.46. The molecule has 5 heteroatoms. The lowest BCUT2D eigenvalue weighted by atomic mass is 10.0. The van der Waals surface area contributed by atoms with Crippen molar-refractivity contribution in [3.05, 3.63) is 101 Å². The van der Waals surface area contributed by atoms with Crippen LogP contribution in [-0.2, 0) is 22.6 Å². The molecule has 0 saturated heterocycles. The Morgan fingerprint density at radius 1 is 0.848 bits per heavy atom. The third-order valence-electron chi connectivity index (χ3n) is 5.48. The molecule has 0 aromatic heterocycles. The highest BCUT2D eigenvalue weighted by Crippen LogP contribution is 2.17. The van der Waals surface area contributed by atoms with Gasteiger partial charge in [-0.05, 0) is 44.0 Å². The van der Waals surface area contributed by atoms with Crippen molar-refractivity contribution in [2.24, 2.45) is 0 Å². The Kier molecular flexibility index (Phi) is 8.64. The molecule has 0 fully saturated rings. The second-order valence-electron chi connectivity index (χ2n) is 8.21. The number of rotatable bonds is 10. The maximum absolute atomic E-state index is 13.4. The molecular formula is C28H32N2O3. The van der Waals surface area contributed by atoms with Gasteiger partial charge in [0.15, 0.2) is 6.61 Å². The number of hydrogen-bond donors (Lipinski definition) is 1. The summed E-state index contributed by atoms with van der Waals surface area (Å²) in [4.78, 5) is 28.2. The van der Waals surface area contributed by atoms with Crippen LogP contribution in [0.15, 0.2) is 78.9 Å². The van der Waals surface area contributed by atoms with Crippen LogP contribution in [0.3, 0.4) is 0 Å². The Balaban J connectivity index is 1.87. The molecule has 0 bridgehead atoms. The first-order valence-electron chi connectivity index (χ1n) is 11.3. The fourth-order valence-electron chi connectivity index (χ4n) is 3.60. The zero-order chi connectivity index (χ0) is 23.6. The lowest BCUT2D eigenvalue weighted by Crippen LogP contribution is -2.51. The molecule has 0 heterocycles. The molecule has 0 aliphatic rings. The molecule has 1 atom stereocenters. The number of carbonyl (C=O) groups is 2. The van der Waals surface area contributed by atoms with Gasteiger partial charge >= 0.3 is 0 Å². The number of aryl methyl sites for hydroxylation is 2. The van der Waals surface area contributed by atoms with E-state index in [4.69, 9.17) is 4.74 Å². The summed E-state index contributed by atoms with van der Waals surface area (Å²) >= 11 is 0. The molecule has 3 rings (SSSR count). The summed E-state index contributed by atoms with van der Waals surface area (Å²) in [5, 5.41) is 2.90. The minimum atomic E-state index is -0.650. The highest BCUT2D eigenvalue weighted by Gasteiger charge is 2.30. The monoisotopic (exact) mass is 444 g/mol. The zero-order valence-corrected chi connectivity index (χ0v) is 19.6. The van der Waals surface area contributed by atoms with Crippen molar-refractivity contribution in [1.29, 1.82) is 0 Å². The van der Waals surface area contributed by atoms with Gasteiger partial charge < -0.3 is 15.0 Å². The number of hydrogen-bond acceptors (Lipinski definition) is 3. The maximum atomic E-state index is 13.4. The van der Waals surface area contributed by atoms with Crippen molar-refractivity contribution in [3.8, 4) is 5.75 Å². The van der Waals surface area contributed by atoms with E-state index in [-0.39, 0.29) is 18.4 Å². The molecule has 0 aliphatic heterocycles. The van der Waals surface area contributed by atoms with E-state index in [1.807, 2.05) is 99.6 Å². The predicted molar refractivity (Wildman–Crippen MR) is 131 cm³/mol. The third-order valence-corrected chi connectivity index (χ3v) is 5.48. The van der Waals surface area contributed by atoms with Gasteiger partial charge in [0.1, 0.15) is 11.8 Å². The molecule has 0 saturated carbocycles. The Labute approximate surface area is 196 Å². The number of ether oxygens (including phenoxy) is 1. The van der Waals surface area contributed by atoms with E-state index in [1.165, 1.54) is 0 Å². The van der Waals surface area contributed by atoms with Gasteiger partial charge in [-0.3, -0.25) is 9.59 Å². The molecule has 1 unspecified atom stereocenters. The molecule has 0 spiro atoms. The number of carbonyl (C=O) groups excluding carboxylic acids is 2. The first-order chi connectivity index (χ1) is 16.0. The van der Waals surface area contributed by atoms with Crippen molar-refractivity contribution < 1.29 is 14.3 Å². The van der Waals surface area contributed by atoms with Crippen molar-refractivity contribution >= 4 is 11.8 Å². The van der Waals surface area contributed by atoms with Gasteiger partial charge in [-0.1, -0.05) is 77.9 Å².